The Morgan fingerprint density at radius 1 is 1.35 bits per heavy atom. The van der Waals surface area contributed by atoms with Crippen LogP contribution in [0, 0.1) is 5.92 Å². The van der Waals surface area contributed by atoms with E-state index in [1.807, 2.05) is 13.8 Å². The van der Waals surface area contributed by atoms with E-state index in [0.29, 0.717) is 6.42 Å². The molecule has 6 nitrogen and oxygen atoms in total. The van der Waals surface area contributed by atoms with Crippen molar-refractivity contribution < 1.29 is 18.0 Å². The number of nitrogens with one attached hydrogen (secondary N) is 1. The minimum Gasteiger partial charge on any atom is -0.342 e. The fourth-order valence-corrected chi connectivity index (χ4v) is 5.29. The smallest absolute Gasteiger partial charge is 0.246 e. The van der Waals surface area contributed by atoms with Crippen molar-refractivity contribution in [3.05, 3.63) is 0 Å². The molecule has 2 fully saturated rings. The lowest BCUT2D eigenvalue weighted by atomic mass is 9.90. The van der Waals surface area contributed by atoms with Gasteiger partial charge in [0.05, 0.1) is 17.0 Å². The van der Waals surface area contributed by atoms with Crippen molar-refractivity contribution in [1.82, 2.24) is 10.2 Å². The summed E-state index contributed by atoms with van der Waals surface area (Å²) in [6, 6.07) is -1.20. The van der Waals surface area contributed by atoms with Crippen LogP contribution < -0.4 is 5.32 Å². The highest BCUT2D eigenvalue weighted by Crippen LogP contribution is 2.33. The number of sulfone groups is 1. The Labute approximate surface area is 119 Å². The molecule has 0 aromatic rings. The van der Waals surface area contributed by atoms with Crippen LogP contribution in [0.3, 0.4) is 0 Å². The SMILES string of the molecule is CC(C)C1NC(=O)C(C)N(C2(C)CCS(=O)(=O)C2)C1=O. The van der Waals surface area contributed by atoms with Gasteiger partial charge in [0, 0.05) is 0 Å². The van der Waals surface area contributed by atoms with Crippen LogP contribution in [0.15, 0.2) is 0 Å². The predicted octanol–water partition coefficient (Wildman–Crippen LogP) is -0.0649. The number of rotatable bonds is 2. The Balaban J connectivity index is 2.37. The summed E-state index contributed by atoms with van der Waals surface area (Å²) >= 11 is 0. The molecule has 2 aliphatic rings. The van der Waals surface area contributed by atoms with Gasteiger partial charge in [-0.05, 0) is 26.2 Å². The summed E-state index contributed by atoms with van der Waals surface area (Å²) in [5.74, 6) is -0.397. The number of piperazine rings is 1. The van der Waals surface area contributed by atoms with Crippen LogP contribution in [0.2, 0.25) is 0 Å². The fourth-order valence-electron chi connectivity index (χ4n) is 3.16. The lowest BCUT2D eigenvalue weighted by Gasteiger charge is -2.47. The van der Waals surface area contributed by atoms with E-state index in [2.05, 4.69) is 5.32 Å². The summed E-state index contributed by atoms with van der Waals surface area (Å²) in [6.07, 6.45) is 0.392. The molecule has 0 radical (unpaired) electrons. The Bertz CT molecular complexity index is 543. The second-order valence-corrected chi connectivity index (χ2v) is 8.64. The molecule has 3 atom stereocenters. The molecule has 0 spiro atoms. The van der Waals surface area contributed by atoms with Gasteiger partial charge in [0.1, 0.15) is 12.1 Å². The van der Waals surface area contributed by atoms with E-state index in [1.165, 1.54) is 4.90 Å². The summed E-state index contributed by atoms with van der Waals surface area (Å²) < 4.78 is 23.5. The number of amides is 2. The minimum atomic E-state index is -3.13. The Hall–Kier alpha value is -1.11. The van der Waals surface area contributed by atoms with Crippen LogP contribution >= 0.6 is 0 Å². The van der Waals surface area contributed by atoms with Gasteiger partial charge >= 0.3 is 0 Å². The van der Waals surface area contributed by atoms with Crippen LogP contribution in [0.1, 0.15) is 34.1 Å². The molecular weight excluding hydrogens is 280 g/mol. The second kappa shape index (κ2) is 4.72. The molecule has 0 saturated carbocycles. The van der Waals surface area contributed by atoms with E-state index < -0.39 is 27.5 Å². The van der Waals surface area contributed by atoms with Crippen LogP contribution in [0.4, 0.5) is 0 Å². The first-order valence-electron chi connectivity index (χ1n) is 6.91. The van der Waals surface area contributed by atoms with Crippen molar-refractivity contribution in [3.63, 3.8) is 0 Å². The van der Waals surface area contributed by atoms with Gasteiger partial charge in [-0.15, -0.1) is 0 Å². The third-order valence-corrected chi connectivity index (χ3v) is 6.19. The number of hydrogen-bond acceptors (Lipinski definition) is 4. The van der Waals surface area contributed by atoms with Crippen LogP contribution in [-0.4, -0.2) is 54.3 Å². The number of carbonyl (C=O) groups is 2. The highest BCUT2D eigenvalue weighted by atomic mass is 32.2. The summed E-state index contributed by atoms with van der Waals surface area (Å²) in [7, 11) is -3.13. The summed E-state index contributed by atoms with van der Waals surface area (Å²) in [5.41, 5.74) is -0.778. The standard InChI is InChI=1S/C13H22N2O4S/c1-8(2)10-12(17)15(9(3)11(16)14-10)13(4)5-6-20(18,19)7-13/h8-10H,5-7H2,1-4H3,(H,14,16). The number of nitrogens with zero attached hydrogens (tertiary/aromatic N) is 1. The summed E-state index contributed by atoms with van der Waals surface area (Å²) in [6.45, 7) is 7.15. The molecule has 2 aliphatic heterocycles. The number of carbonyl (C=O) groups excluding carboxylic acids is 2. The molecule has 2 heterocycles. The maximum Gasteiger partial charge on any atom is 0.246 e. The highest BCUT2D eigenvalue weighted by Gasteiger charge is 2.51. The van der Waals surface area contributed by atoms with Gasteiger partial charge in [-0.25, -0.2) is 8.42 Å². The molecular formula is C13H22N2O4S. The normalized spacial score (nSPS) is 37.4. The van der Waals surface area contributed by atoms with Gasteiger partial charge in [0.2, 0.25) is 11.8 Å². The zero-order valence-corrected chi connectivity index (χ0v) is 13.2. The second-order valence-electron chi connectivity index (χ2n) is 6.45. The molecule has 20 heavy (non-hydrogen) atoms. The summed E-state index contributed by atoms with van der Waals surface area (Å²) in [5, 5.41) is 2.73. The van der Waals surface area contributed by atoms with Crippen LogP contribution in [0.5, 0.6) is 0 Å². The zero-order chi connectivity index (χ0) is 15.3. The first kappa shape index (κ1) is 15.3. The van der Waals surface area contributed by atoms with E-state index >= 15 is 0 Å². The minimum absolute atomic E-state index is 0.0249. The molecule has 0 aromatic heterocycles. The topological polar surface area (TPSA) is 83.6 Å². The Morgan fingerprint density at radius 2 is 1.95 bits per heavy atom. The van der Waals surface area contributed by atoms with Crippen molar-refractivity contribution in [1.29, 1.82) is 0 Å². The zero-order valence-electron chi connectivity index (χ0n) is 12.3. The molecule has 2 amide bonds. The van der Waals surface area contributed by atoms with Crippen molar-refractivity contribution in [3.8, 4) is 0 Å². The molecule has 1 N–H and O–H groups in total. The molecule has 2 rings (SSSR count). The van der Waals surface area contributed by atoms with Crippen molar-refractivity contribution in [2.24, 2.45) is 5.92 Å². The Morgan fingerprint density at radius 3 is 2.40 bits per heavy atom. The molecule has 3 unspecified atom stereocenters. The van der Waals surface area contributed by atoms with E-state index in [9.17, 15) is 18.0 Å². The van der Waals surface area contributed by atoms with Gasteiger partial charge in [0.15, 0.2) is 9.84 Å². The molecule has 2 saturated heterocycles. The Kier molecular flexibility index (Phi) is 3.60. The summed E-state index contributed by atoms with van der Waals surface area (Å²) in [4.78, 5) is 26.2. The quantitative estimate of drug-likeness (QED) is 0.774. The molecule has 7 heteroatoms. The predicted molar refractivity (Wildman–Crippen MR) is 74.8 cm³/mol. The fraction of sp³-hybridized carbons (Fsp3) is 0.846. The van der Waals surface area contributed by atoms with E-state index in [4.69, 9.17) is 0 Å². The van der Waals surface area contributed by atoms with Gasteiger partial charge < -0.3 is 10.2 Å². The third-order valence-electron chi connectivity index (χ3n) is 4.30. The third kappa shape index (κ3) is 2.43. The molecule has 0 aromatic carbocycles. The largest absolute Gasteiger partial charge is 0.342 e. The van der Waals surface area contributed by atoms with E-state index in [0.717, 1.165) is 0 Å². The van der Waals surface area contributed by atoms with Crippen LogP contribution in [0.25, 0.3) is 0 Å². The van der Waals surface area contributed by atoms with E-state index in [-0.39, 0.29) is 29.2 Å². The van der Waals surface area contributed by atoms with Gasteiger partial charge in [-0.1, -0.05) is 13.8 Å². The first-order valence-corrected chi connectivity index (χ1v) is 8.73. The van der Waals surface area contributed by atoms with Crippen molar-refractivity contribution in [2.75, 3.05) is 11.5 Å². The van der Waals surface area contributed by atoms with Crippen molar-refractivity contribution in [2.45, 2.75) is 51.7 Å². The van der Waals surface area contributed by atoms with Gasteiger partial charge in [-0.3, -0.25) is 9.59 Å². The molecule has 114 valence electrons. The maximum absolute atomic E-state index is 12.6. The van der Waals surface area contributed by atoms with Gasteiger partial charge in [0.25, 0.3) is 0 Å². The lowest BCUT2D eigenvalue weighted by molar-refractivity contribution is -0.156. The first-order chi connectivity index (χ1) is 9.07. The van der Waals surface area contributed by atoms with Gasteiger partial charge in [-0.2, -0.15) is 0 Å². The van der Waals surface area contributed by atoms with Crippen LogP contribution in [-0.2, 0) is 19.4 Å². The van der Waals surface area contributed by atoms with Crippen molar-refractivity contribution >= 4 is 21.7 Å². The molecule has 0 bridgehead atoms. The average Bonchev–Trinajstić information content (AvgIpc) is 2.58. The average molecular weight is 302 g/mol. The van der Waals surface area contributed by atoms with E-state index in [1.54, 1.807) is 13.8 Å². The monoisotopic (exact) mass is 302 g/mol. The highest BCUT2D eigenvalue weighted by molar-refractivity contribution is 7.91. The lowest BCUT2D eigenvalue weighted by Crippen LogP contribution is -2.69. The maximum atomic E-state index is 12.6. The number of hydrogen-bond donors (Lipinski definition) is 1. The molecule has 0 aliphatic carbocycles.